The van der Waals surface area contributed by atoms with Crippen LogP contribution in [0.2, 0.25) is 0 Å². The van der Waals surface area contributed by atoms with Crippen LogP contribution < -0.4 is 0 Å². The van der Waals surface area contributed by atoms with Crippen LogP contribution in [0.5, 0.6) is 0 Å². The Morgan fingerprint density at radius 1 is 1.33 bits per heavy atom. The topological polar surface area (TPSA) is 26.3 Å². The zero-order valence-corrected chi connectivity index (χ0v) is 7.57. The molecule has 0 saturated carbocycles. The molecule has 0 aromatic rings. The molecule has 0 aromatic carbocycles. The summed E-state index contributed by atoms with van der Waals surface area (Å²) in [6, 6.07) is 0. The van der Waals surface area contributed by atoms with Gasteiger partial charge in [0.2, 0.25) is 0 Å². The van der Waals surface area contributed by atoms with Gasteiger partial charge in [-0.25, -0.2) is 0 Å². The van der Waals surface area contributed by atoms with Crippen molar-refractivity contribution in [2.24, 2.45) is 0 Å². The van der Waals surface area contributed by atoms with E-state index in [2.05, 4.69) is 0 Å². The second kappa shape index (κ2) is 10.9. The standard InChI is InChI=1S/C4H10O2P.C2H6/c1-3-6-7(5)4-2;1-2/h3-4H2,1-2H3;1-2H3/q+1;. The molecule has 0 radical (unpaired) electrons. The normalized spacial score (nSPS) is 9.56. The second-order valence-electron chi connectivity index (χ2n) is 1.07. The van der Waals surface area contributed by atoms with Crippen LogP contribution in [0.4, 0.5) is 0 Å². The molecule has 3 heteroatoms. The Morgan fingerprint density at radius 3 is 1.89 bits per heavy atom. The molecule has 9 heavy (non-hydrogen) atoms. The van der Waals surface area contributed by atoms with E-state index in [1.54, 1.807) is 0 Å². The van der Waals surface area contributed by atoms with Crippen molar-refractivity contribution in [2.75, 3.05) is 12.8 Å². The lowest BCUT2D eigenvalue weighted by molar-refractivity contribution is 0.351. The smallest absolute Gasteiger partial charge is 0.147 e. The summed E-state index contributed by atoms with van der Waals surface area (Å²) in [5, 5.41) is 0. The molecule has 0 aliphatic rings. The highest BCUT2D eigenvalue weighted by molar-refractivity contribution is 7.39. The van der Waals surface area contributed by atoms with Crippen LogP contribution >= 0.6 is 8.03 Å². The third-order valence-electron chi connectivity index (χ3n) is 0.531. The quantitative estimate of drug-likeness (QED) is 0.580. The molecule has 2 nitrogen and oxygen atoms in total. The predicted molar refractivity (Wildman–Crippen MR) is 41.1 cm³/mol. The van der Waals surface area contributed by atoms with E-state index < -0.39 is 8.03 Å². The van der Waals surface area contributed by atoms with Crippen molar-refractivity contribution in [2.45, 2.75) is 27.7 Å². The second-order valence-corrected chi connectivity index (χ2v) is 2.62. The van der Waals surface area contributed by atoms with E-state index in [-0.39, 0.29) is 0 Å². The van der Waals surface area contributed by atoms with Crippen molar-refractivity contribution in [3.63, 3.8) is 0 Å². The molecule has 56 valence electrons. The lowest BCUT2D eigenvalue weighted by Crippen LogP contribution is -1.76. The van der Waals surface area contributed by atoms with Gasteiger partial charge < -0.3 is 0 Å². The fraction of sp³-hybridized carbons (Fsp3) is 1.00. The SMILES string of the molecule is CC.CCO[P+](=O)CC. The molecule has 0 aliphatic carbocycles. The van der Waals surface area contributed by atoms with E-state index >= 15 is 0 Å². The molecule has 1 atom stereocenters. The molecule has 0 fully saturated rings. The van der Waals surface area contributed by atoms with E-state index in [0.29, 0.717) is 12.8 Å². The van der Waals surface area contributed by atoms with Crippen LogP contribution in [0.1, 0.15) is 27.7 Å². The molecular formula is C6H16O2P+. The summed E-state index contributed by atoms with van der Waals surface area (Å²) in [7, 11) is -1.33. The largest absolute Gasteiger partial charge is 0.507 e. The van der Waals surface area contributed by atoms with E-state index in [9.17, 15) is 4.57 Å². The minimum Gasteiger partial charge on any atom is -0.147 e. The Bertz CT molecular complexity index is 64.1. The van der Waals surface area contributed by atoms with Crippen molar-refractivity contribution < 1.29 is 9.09 Å². The van der Waals surface area contributed by atoms with Crippen LogP contribution in [0.25, 0.3) is 0 Å². The highest BCUT2D eigenvalue weighted by Gasteiger charge is 2.08. The molecule has 0 saturated heterocycles. The van der Waals surface area contributed by atoms with E-state index in [0.717, 1.165) is 0 Å². The van der Waals surface area contributed by atoms with Crippen LogP contribution in [-0.2, 0) is 9.09 Å². The summed E-state index contributed by atoms with van der Waals surface area (Å²) in [5.41, 5.74) is 0. The summed E-state index contributed by atoms with van der Waals surface area (Å²) >= 11 is 0. The van der Waals surface area contributed by atoms with E-state index in [4.69, 9.17) is 4.52 Å². The van der Waals surface area contributed by atoms with Gasteiger partial charge in [-0.2, -0.15) is 0 Å². The predicted octanol–water partition coefficient (Wildman–Crippen LogP) is 2.81. The highest BCUT2D eigenvalue weighted by atomic mass is 31.1. The maximum Gasteiger partial charge on any atom is 0.507 e. The first-order valence-corrected chi connectivity index (χ1v) is 4.75. The lowest BCUT2D eigenvalue weighted by Gasteiger charge is -1.75. The third kappa shape index (κ3) is 11.6. The zero-order chi connectivity index (χ0) is 7.70. The number of hydrogen-bond donors (Lipinski definition) is 0. The molecule has 0 amide bonds. The molecule has 0 rings (SSSR count). The maximum absolute atomic E-state index is 10.3. The van der Waals surface area contributed by atoms with Gasteiger partial charge in [-0.3, -0.25) is 0 Å². The van der Waals surface area contributed by atoms with Gasteiger partial charge >= 0.3 is 8.03 Å². The van der Waals surface area contributed by atoms with Crippen LogP contribution in [-0.4, -0.2) is 12.8 Å². The summed E-state index contributed by atoms with van der Waals surface area (Å²) in [6.45, 7) is 8.24. The van der Waals surface area contributed by atoms with Crippen molar-refractivity contribution >= 4 is 8.03 Å². The maximum atomic E-state index is 10.3. The molecule has 0 heterocycles. The van der Waals surface area contributed by atoms with Gasteiger partial charge in [-0.15, -0.1) is 4.52 Å². The minimum absolute atomic E-state index is 0.559. The average Bonchev–Trinajstić information content (AvgIpc) is 1.93. The van der Waals surface area contributed by atoms with Crippen LogP contribution in [0.15, 0.2) is 0 Å². The van der Waals surface area contributed by atoms with E-state index in [1.807, 2.05) is 27.7 Å². The average molecular weight is 151 g/mol. The minimum atomic E-state index is -1.33. The molecule has 0 bridgehead atoms. The van der Waals surface area contributed by atoms with Gasteiger partial charge in [0.15, 0.2) is 6.16 Å². The Hall–Kier alpha value is 0.0600. The highest BCUT2D eigenvalue weighted by Crippen LogP contribution is 2.19. The summed E-state index contributed by atoms with van der Waals surface area (Å²) in [6.07, 6.45) is 0.628. The Kier molecular flexibility index (Phi) is 14.4. The van der Waals surface area contributed by atoms with Gasteiger partial charge in [0.1, 0.15) is 0 Å². The molecular weight excluding hydrogens is 135 g/mol. The Morgan fingerprint density at radius 2 is 1.78 bits per heavy atom. The Labute approximate surface area is 58.5 Å². The zero-order valence-electron chi connectivity index (χ0n) is 6.68. The summed E-state index contributed by atoms with van der Waals surface area (Å²) in [5.74, 6) is 0. The lowest BCUT2D eigenvalue weighted by atomic mass is 10.9. The van der Waals surface area contributed by atoms with Crippen molar-refractivity contribution in [1.29, 1.82) is 0 Å². The van der Waals surface area contributed by atoms with Gasteiger partial charge in [0.05, 0.1) is 6.61 Å². The third-order valence-corrected chi connectivity index (χ3v) is 1.59. The number of rotatable bonds is 3. The Balaban J connectivity index is 0. The fourth-order valence-electron chi connectivity index (χ4n) is 0.235. The van der Waals surface area contributed by atoms with Gasteiger partial charge in [-0.1, -0.05) is 13.8 Å². The van der Waals surface area contributed by atoms with Crippen molar-refractivity contribution in [1.82, 2.24) is 0 Å². The molecule has 0 aromatic heterocycles. The van der Waals surface area contributed by atoms with E-state index in [1.165, 1.54) is 0 Å². The monoisotopic (exact) mass is 151 g/mol. The first-order chi connectivity index (χ1) is 4.31. The van der Waals surface area contributed by atoms with Gasteiger partial charge in [-0.05, 0) is 18.4 Å². The van der Waals surface area contributed by atoms with Crippen molar-refractivity contribution in [3.05, 3.63) is 0 Å². The molecule has 0 aliphatic heterocycles. The van der Waals surface area contributed by atoms with Gasteiger partial charge in [0, 0.05) is 0 Å². The van der Waals surface area contributed by atoms with Crippen molar-refractivity contribution in [3.8, 4) is 0 Å². The van der Waals surface area contributed by atoms with Gasteiger partial charge in [0.25, 0.3) is 0 Å². The fourth-order valence-corrected chi connectivity index (χ4v) is 0.706. The molecule has 0 N–H and O–H groups in total. The molecule has 1 unspecified atom stereocenters. The number of hydrogen-bond acceptors (Lipinski definition) is 2. The van der Waals surface area contributed by atoms with Crippen LogP contribution in [0, 0.1) is 0 Å². The summed E-state index contributed by atoms with van der Waals surface area (Å²) in [4.78, 5) is 0. The molecule has 0 spiro atoms. The first kappa shape index (κ1) is 11.8. The summed E-state index contributed by atoms with van der Waals surface area (Å²) < 4.78 is 15.0. The first-order valence-electron chi connectivity index (χ1n) is 3.38. The van der Waals surface area contributed by atoms with Crippen LogP contribution in [0.3, 0.4) is 0 Å².